The minimum Gasteiger partial charge on any atom is -0.462 e. The Bertz CT molecular complexity index is 583. The molecule has 0 heterocycles. The van der Waals surface area contributed by atoms with Crippen LogP contribution in [-0.4, -0.2) is 18.2 Å². The molecule has 0 aliphatic heterocycles. The molecule has 2 aromatic carbocycles. The molecule has 0 aliphatic carbocycles. The van der Waals surface area contributed by atoms with Gasteiger partial charge in [-0.25, -0.2) is 9.18 Å². The lowest BCUT2D eigenvalue weighted by Crippen LogP contribution is -2.17. The first kappa shape index (κ1) is 15.2. The monoisotopic (exact) mass is 286 g/mol. The summed E-state index contributed by atoms with van der Waals surface area (Å²) >= 11 is 0. The molecule has 3 heteroatoms. The molecule has 0 amide bonds. The van der Waals surface area contributed by atoms with E-state index in [1.54, 1.807) is 12.1 Å². The number of halogens is 1. The van der Waals surface area contributed by atoms with Gasteiger partial charge in [-0.15, -0.1) is 0 Å². The van der Waals surface area contributed by atoms with Gasteiger partial charge in [0.25, 0.3) is 0 Å². The van der Waals surface area contributed by atoms with Gasteiger partial charge >= 0.3 is 5.97 Å². The molecule has 0 aliphatic rings. The van der Waals surface area contributed by atoms with Gasteiger partial charge in [-0.2, -0.15) is 0 Å². The van der Waals surface area contributed by atoms with Crippen molar-refractivity contribution < 1.29 is 13.9 Å². The highest BCUT2D eigenvalue weighted by Gasteiger charge is 2.16. The molecule has 0 atom stereocenters. The molecule has 2 aromatic rings. The van der Waals surface area contributed by atoms with Crippen molar-refractivity contribution in [3.05, 3.63) is 60.2 Å². The summed E-state index contributed by atoms with van der Waals surface area (Å²) in [6.07, 6.45) is 0.195. The zero-order valence-corrected chi connectivity index (χ0v) is 12.3. The van der Waals surface area contributed by atoms with Gasteiger partial charge in [0.05, 0.1) is 12.2 Å². The number of hydrogen-bond acceptors (Lipinski definition) is 2. The fraction of sp³-hybridized carbons (Fsp3) is 0.278. The fourth-order valence-electron chi connectivity index (χ4n) is 1.90. The van der Waals surface area contributed by atoms with Crippen LogP contribution in [0.3, 0.4) is 0 Å². The number of carbonyl (C=O) groups excluding carboxylic acids is 1. The number of rotatable bonds is 5. The molecule has 2 rings (SSSR count). The van der Waals surface area contributed by atoms with Crippen LogP contribution in [0, 0.1) is 0 Å². The lowest BCUT2D eigenvalue weighted by atomic mass is 10.0. The van der Waals surface area contributed by atoms with Crippen molar-refractivity contribution in [2.75, 3.05) is 6.61 Å². The largest absolute Gasteiger partial charge is 0.462 e. The smallest absolute Gasteiger partial charge is 0.338 e. The summed E-state index contributed by atoms with van der Waals surface area (Å²) in [5.74, 6) is -0.418. The number of hydrogen-bond donors (Lipinski definition) is 0. The van der Waals surface area contributed by atoms with Crippen LogP contribution in [0.2, 0.25) is 0 Å². The summed E-state index contributed by atoms with van der Waals surface area (Å²) in [4.78, 5) is 11.8. The highest BCUT2D eigenvalue weighted by Crippen LogP contribution is 2.20. The van der Waals surface area contributed by atoms with Crippen molar-refractivity contribution in [1.29, 1.82) is 0 Å². The van der Waals surface area contributed by atoms with E-state index in [1.165, 1.54) is 13.8 Å². The lowest BCUT2D eigenvalue weighted by molar-refractivity contribution is 0.0432. The van der Waals surface area contributed by atoms with Crippen LogP contribution in [0.25, 0.3) is 11.1 Å². The standard InChI is InChI=1S/C18H19FO2/c1-18(2,19)12-13-21-17(20)16-10-8-15(9-11-16)14-6-4-3-5-7-14/h3-11H,12-13H2,1-2H3. The number of esters is 1. The summed E-state index contributed by atoms with van der Waals surface area (Å²) in [5.41, 5.74) is 1.29. The first-order valence-electron chi connectivity index (χ1n) is 6.97. The maximum atomic E-state index is 13.3. The van der Waals surface area contributed by atoms with Gasteiger partial charge in [-0.1, -0.05) is 42.5 Å². The number of benzene rings is 2. The summed E-state index contributed by atoms with van der Waals surface area (Å²) in [6.45, 7) is 3.02. The zero-order chi connectivity index (χ0) is 15.3. The van der Waals surface area contributed by atoms with Crippen molar-refractivity contribution in [3.8, 4) is 11.1 Å². The molecule has 0 saturated carbocycles. The van der Waals surface area contributed by atoms with E-state index >= 15 is 0 Å². The van der Waals surface area contributed by atoms with Gasteiger partial charge in [-0.3, -0.25) is 0 Å². The molecule has 0 radical (unpaired) electrons. The van der Waals surface area contributed by atoms with Crippen molar-refractivity contribution >= 4 is 5.97 Å². The van der Waals surface area contributed by atoms with Crippen LogP contribution in [0.15, 0.2) is 54.6 Å². The van der Waals surface area contributed by atoms with E-state index in [4.69, 9.17) is 4.74 Å². The Hall–Kier alpha value is -2.16. The highest BCUT2D eigenvalue weighted by atomic mass is 19.1. The molecule has 0 saturated heterocycles. The molecule has 2 nitrogen and oxygen atoms in total. The topological polar surface area (TPSA) is 26.3 Å². The third-order valence-corrected chi connectivity index (χ3v) is 3.16. The Morgan fingerprint density at radius 2 is 1.57 bits per heavy atom. The van der Waals surface area contributed by atoms with Crippen molar-refractivity contribution in [2.24, 2.45) is 0 Å². The van der Waals surface area contributed by atoms with E-state index in [0.717, 1.165) is 11.1 Å². The van der Waals surface area contributed by atoms with Gasteiger partial charge in [0.15, 0.2) is 0 Å². The normalized spacial score (nSPS) is 11.2. The number of alkyl halides is 1. The van der Waals surface area contributed by atoms with Crippen LogP contribution in [-0.2, 0) is 4.74 Å². The molecule has 0 bridgehead atoms. The molecule has 0 spiro atoms. The van der Waals surface area contributed by atoms with Crippen molar-refractivity contribution in [2.45, 2.75) is 25.9 Å². The van der Waals surface area contributed by atoms with E-state index in [0.29, 0.717) is 5.56 Å². The minimum absolute atomic E-state index is 0.0861. The second-order valence-corrected chi connectivity index (χ2v) is 5.55. The zero-order valence-electron chi connectivity index (χ0n) is 12.3. The molecule has 0 unspecified atom stereocenters. The Kier molecular flexibility index (Phi) is 4.73. The average molecular weight is 286 g/mol. The fourth-order valence-corrected chi connectivity index (χ4v) is 1.90. The number of carbonyl (C=O) groups is 1. The second-order valence-electron chi connectivity index (χ2n) is 5.55. The SMILES string of the molecule is CC(C)(F)CCOC(=O)c1ccc(-c2ccccc2)cc1. The summed E-state index contributed by atoms with van der Waals surface area (Å²) in [7, 11) is 0. The van der Waals surface area contributed by atoms with E-state index < -0.39 is 11.6 Å². The van der Waals surface area contributed by atoms with E-state index in [9.17, 15) is 9.18 Å². The third kappa shape index (κ3) is 4.71. The van der Waals surface area contributed by atoms with Crippen LogP contribution < -0.4 is 0 Å². The van der Waals surface area contributed by atoms with Crippen molar-refractivity contribution in [3.63, 3.8) is 0 Å². The van der Waals surface area contributed by atoms with Crippen LogP contribution in [0.1, 0.15) is 30.6 Å². The molecule has 21 heavy (non-hydrogen) atoms. The van der Waals surface area contributed by atoms with Gasteiger partial charge in [0, 0.05) is 6.42 Å². The van der Waals surface area contributed by atoms with Gasteiger partial charge in [0.1, 0.15) is 5.67 Å². The summed E-state index contributed by atoms with van der Waals surface area (Å²) < 4.78 is 18.4. The molecular weight excluding hydrogens is 267 g/mol. The third-order valence-electron chi connectivity index (χ3n) is 3.16. The summed E-state index contributed by atoms with van der Waals surface area (Å²) in [5, 5.41) is 0. The van der Waals surface area contributed by atoms with Gasteiger partial charge in [0.2, 0.25) is 0 Å². The maximum absolute atomic E-state index is 13.3. The molecule has 0 N–H and O–H groups in total. The molecular formula is C18H19FO2. The first-order valence-corrected chi connectivity index (χ1v) is 6.97. The predicted octanol–water partition coefficient (Wildman–Crippen LogP) is 4.65. The van der Waals surface area contributed by atoms with Crippen molar-refractivity contribution in [1.82, 2.24) is 0 Å². The quantitative estimate of drug-likeness (QED) is 0.748. The molecule has 110 valence electrons. The number of ether oxygens (including phenoxy) is 1. The molecule has 0 aromatic heterocycles. The molecule has 0 fully saturated rings. The maximum Gasteiger partial charge on any atom is 0.338 e. The Balaban J connectivity index is 1.97. The van der Waals surface area contributed by atoms with Crippen LogP contribution in [0.4, 0.5) is 4.39 Å². The average Bonchev–Trinajstić information content (AvgIpc) is 2.47. The van der Waals surface area contributed by atoms with Crippen LogP contribution in [0.5, 0.6) is 0 Å². The minimum atomic E-state index is -1.32. The van der Waals surface area contributed by atoms with Crippen LogP contribution >= 0.6 is 0 Å². The van der Waals surface area contributed by atoms with Gasteiger partial charge < -0.3 is 4.74 Å². The highest BCUT2D eigenvalue weighted by molar-refractivity contribution is 5.90. The van der Waals surface area contributed by atoms with E-state index in [2.05, 4.69) is 0 Å². The van der Waals surface area contributed by atoms with E-state index in [-0.39, 0.29) is 13.0 Å². The van der Waals surface area contributed by atoms with Gasteiger partial charge in [-0.05, 0) is 37.1 Å². The Morgan fingerprint density at radius 3 is 2.14 bits per heavy atom. The predicted molar refractivity (Wildman–Crippen MR) is 82.0 cm³/mol. The lowest BCUT2D eigenvalue weighted by Gasteiger charge is -2.13. The Labute approximate surface area is 124 Å². The summed E-state index contributed by atoms with van der Waals surface area (Å²) in [6, 6.07) is 17.1. The Morgan fingerprint density at radius 1 is 1.00 bits per heavy atom. The first-order chi connectivity index (χ1) is 9.96. The van der Waals surface area contributed by atoms with E-state index in [1.807, 2.05) is 42.5 Å². The second kappa shape index (κ2) is 6.53.